The number of carbonyl (C=O) groups excluding carboxylic acids is 1. The van der Waals surface area contributed by atoms with Crippen LogP contribution in [0.3, 0.4) is 0 Å². The monoisotopic (exact) mass is 296 g/mol. The summed E-state index contributed by atoms with van der Waals surface area (Å²) >= 11 is 0. The first-order valence-electron chi connectivity index (χ1n) is 6.74. The van der Waals surface area contributed by atoms with Gasteiger partial charge in [-0.1, -0.05) is 30.3 Å². The first kappa shape index (κ1) is 15.4. The molecule has 112 valence electrons. The molecular weight excluding hydrogens is 280 g/mol. The van der Waals surface area contributed by atoms with Gasteiger partial charge in [-0.05, 0) is 17.7 Å². The van der Waals surface area contributed by atoms with Crippen molar-refractivity contribution in [1.82, 2.24) is 5.32 Å². The van der Waals surface area contributed by atoms with Crippen LogP contribution in [0.5, 0.6) is 11.5 Å². The van der Waals surface area contributed by atoms with Gasteiger partial charge in [0.1, 0.15) is 0 Å². The summed E-state index contributed by atoms with van der Waals surface area (Å²) in [6, 6.07) is 16.4. The third-order valence-corrected chi connectivity index (χ3v) is 2.98. The fourth-order valence-electron chi connectivity index (χ4n) is 1.85. The number of methoxy groups -OCH3 is 1. The maximum absolute atomic E-state index is 11.8. The van der Waals surface area contributed by atoms with Crippen LogP contribution >= 0.6 is 0 Å². The van der Waals surface area contributed by atoms with Crippen LogP contribution < -0.4 is 14.8 Å². The Bertz CT molecular complexity index is 678. The highest BCUT2D eigenvalue weighted by Gasteiger charge is 2.08. The Morgan fingerprint density at radius 1 is 1.18 bits per heavy atom. The van der Waals surface area contributed by atoms with Gasteiger partial charge in [-0.25, -0.2) is 0 Å². The van der Waals surface area contributed by atoms with E-state index in [-0.39, 0.29) is 12.5 Å². The van der Waals surface area contributed by atoms with Crippen LogP contribution in [0.4, 0.5) is 0 Å². The van der Waals surface area contributed by atoms with Crippen LogP contribution in [0.1, 0.15) is 11.1 Å². The molecule has 1 N–H and O–H groups in total. The zero-order valence-corrected chi connectivity index (χ0v) is 12.2. The molecule has 0 radical (unpaired) electrons. The lowest BCUT2D eigenvalue weighted by Crippen LogP contribution is -2.28. The van der Waals surface area contributed by atoms with Crippen molar-refractivity contribution in [3.8, 4) is 17.6 Å². The molecule has 2 aromatic carbocycles. The molecule has 2 aromatic rings. The summed E-state index contributed by atoms with van der Waals surface area (Å²) in [4.78, 5) is 11.8. The number of nitrogens with zero attached hydrogens (tertiary/aromatic N) is 1. The maximum atomic E-state index is 11.8. The van der Waals surface area contributed by atoms with Crippen molar-refractivity contribution in [2.45, 2.75) is 6.54 Å². The van der Waals surface area contributed by atoms with E-state index in [9.17, 15) is 4.79 Å². The van der Waals surface area contributed by atoms with Crippen molar-refractivity contribution in [3.05, 3.63) is 59.7 Å². The van der Waals surface area contributed by atoms with Gasteiger partial charge >= 0.3 is 0 Å². The normalized spacial score (nSPS) is 9.64. The van der Waals surface area contributed by atoms with Gasteiger partial charge in [-0.2, -0.15) is 5.26 Å². The first-order valence-corrected chi connectivity index (χ1v) is 6.74. The van der Waals surface area contributed by atoms with Gasteiger partial charge in [0.15, 0.2) is 18.1 Å². The average Bonchev–Trinajstić information content (AvgIpc) is 2.58. The van der Waals surface area contributed by atoms with E-state index < -0.39 is 0 Å². The van der Waals surface area contributed by atoms with E-state index in [1.807, 2.05) is 36.4 Å². The van der Waals surface area contributed by atoms with E-state index >= 15 is 0 Å². The first-order chi connectivity index (χ1) is 10.7. The zero-order chi connectivity index (χ0) is 15.8. The van der Waals surface area contributed by atoms with E-state index in [4.69, 9.17) is 14.7 Å². The van der Waals surface area contributed by atoms with E-state index in [1.165, 1.54) is 7.11 Å². The maximum Gasteiger partial charge on any atom is 0.258 e. The van der Waals surface area contributed by atoms with Gasteiger partial charge in [0.25, 0.3) is 5.91 Å². The molecule has 0 fully saturated rings. The Morgan fingerprint density at radius 3 is 2.64 bits per heavy atom. The van der Waals surface area contributed by atoms with Crippen LogP contribution in [0.25, 0.3) is 0 Å². The number of carbonyl (C=O) groups is 1. The molecule has 0 atom stereocenters. The standard InChI is InChI=1S/C17H16N2O3/c1-21-16-9-14(10-18)7-8-15(16)22-12-17(20)19-11-13-5-3-2-4-6-13/h2-9H,11-12H2,1H3,(H,19,20). The minimum Gasteiger partial charge on any atom is -0.493 e. The molecule has 0 unspecified atom stereocenters. The average molecular weight is 296 g/mol. The van der Waals surface area contributed by atoms with Gasteiger partial charge in [0.2, 0.25) is 0 Å². The molecule has 0 spiro atoms. The fourth-order valence-corrected chi connectivity index (χ4v) is 1.85. The molecule has 0 saturated carbocycles. The lowest BCUT2D eigenvalue weighted by molar-refractivity contribution is -0.123. The second-order valence-corrected chi connectivity index (χ2v) is 4.53. The predicted octanol–water partition coefficient (Wildman–Crippen LogP) is 2.26. The molecule has 0 aliphatic heterocycles. The molecular formula is C17H16N2O3. The van der Waals surface area contributed by atoms with Crippen LogP contribution in [0.15, 0.2) is 48.5 Å². The molecule has 22 heavy (non-hydrogen) atoms. The van der Waals surface area contributed by atoms with Crippen LogP contribution in [-0.2, 0) is 11.3 Å². The molecule has 1 amide bonds. The van der Waals surface area contributed by atoms with Crippen LogP contribution in [0.2, 0.25) is 0 Å². The molecule has 5 heteroatoms. The van der Waals surface area contributed by atoms with E-state index in [2.05, 4.69) is 5.32 Å². The Balaban J connectivity index is 1.87. The quantitative estimate of drug-likeness (QED) is 0.887. The topological polar surface area (TPSA) is 71.3 Å². The minimum atomic E-state index is -0.227. The molecule has 0 heterocycles. The molecule has 0 saturated heterocycles. The summed E-state index contributed by atoms with van der Waals surface area (Å²) in [6.07, 6.45) is 0. The number of benzene rings is 2. The summed E-state index contributed by atoms with van der Waals surface area (Å²) in [5.41, 5.74) is 1.49. The van der Waals surface area contributed by atoms with Crippen molar-refractivity contribution >= 4 is 5.91 Å². The molecule has 0 bridgehead atoms. The Morgan fingerprint density at radius 2 is 1.95 bits per heavy atom. The van der Waals surface area contributed by atoms with Gasteiger partial charge in [0.05, 0.1) is 18.7 Å². The summed E-state index contributed by atoms with van der Waals surface area (Å²) < 4.78 is 10.6. The minimum absolute atomic E-state index is 0.116. The number of ether oxygens (including phenoxy) is 2. The van der Waals surface area contributed by atoms with E-state index in [0.717, 1.165) is 5.56 Å². The number of nitriles is 1. The molecule has 2 rings (SSSR count). The van der Waals surface area contributed by atoms with Crippen molar-refractivity contribution < 1.29 is 14.3 Å². The van der Waals surface area contributed by atoms with Crippen LogP contribution in [-0.4, -0.2) is 19.6 Å². The molecule has 0 aromatic heterocycles. The summed E-state index contributed by atoms with van der Waals surface area (Å²) in [6.45, 7) is 0.336. The predicted molar refractivity (Wildman–Crippen MR) is 81.5 cm³/mol. The summed E-state index contributed by atoms with van der Waals surface area (Å²) in [7, 11) is 1.48. The van der Waals surface area contributed by atoms with E-state index in [0.29, 0.717) is 23.6 Å². The Hall–Kier alpha value is -3.00. The van der Waals surface area contributed by atoms with Gasteiger partial charge in [-0.3, -0.25) is 4.79 Å². The largest absolute Gasteiger partial charge is 0.493 e. The fraction of sp³-hybridized carbons (Fsp3) is 0.176. The summed E-state index contributed by atoms with van der Waals surface area (Å²) in [5.74, 6) is 0.626. The highest BCUT2D eigenvalue weighted by molar-refractivity contribution is 5.77. The van der Waals surface area contributed by atoms with Crippen molar-refractivity contribution in [1.29, 1.82) is 5.26 Å². The molecule has 0 aliphatic carbocycles. The number of hydrogen-bond donors (Lipinski definition) is 1. The Kier molecular flexibility index (Phi) is 5.38. The highest BCUT2D eigenvalue weighted by Crippen LogP contribution is 2.27. The lowest BCUT2D eigenvalue weighted by Gasteiger charge is -2.11. The Labute approximate surface area is 129 Å². The van der Waals surface area contributed by atoms with Gasteiger partial charge < -0.3 is 14.8 Å². The highest BCUT2D eigenvalue weighted by atomic mass is 16.5. The number of hydrogen-bond acceptors (Lipinski definition) is 4. The van der Waals surface area contributed by atoms with Gasteiger partial charge in [-0.15, -0.1) is 0 Å². The zero-order valence-electron chi connectivity index (χ0n) is 12.2. The van der Waals surface area contributed by atoms with E-state index in [1.54, 1.807) is 18.2 Å². The second-order valence-electron chi connectivity index (χ2n) is 4.53. The van der Waals surface area contributed by atoms with Crippen molar-refractivity contribution in [2.24, 2.45) is 0 Å². The third kappa shape index (κ3) is 4.25. The SMILES string of the molecule is COc1cc(C#N)ccc1OCC(=O)NCc1ccccc1. The number of nitrogens with one attached hydrogen (secondary N) is 1. The number of rotatable bonds is 6. The van der Waals surface area contributed by atoms with Crippen molar-refractivity contribution in [3.63, 3.8) is 0 Å². The third-order valence-electron chi connectivity index (χ3n) is 2.98. The molecule has 0 aliphatic rings. The van der Waals surface area contributed by atoms with Gasteiger partial charge in [0, 0.05) is 12.6 Å². The smallest absolute Gasteiger partial charge is 0.258 e. The molecule has 5 nitrogen and oxygen atoms in total. The summed E-state index contributed by atoms with van der Waals surface area (Å²) in [5, 5.41) is 11.6. The van der Waals surface area contributed by atoms with Crippen molar-refractivity contribution in [2.75, 3.05) is 13.7 Å². The second kappa shape index (κ2) is 7.70. The lowest BCUT2D eigenvalue weighted by atomic mass is 10.2. The number of amides is 1. The van der Waals surface area contributed by atoms with Crippen LogP contribution in [0, 0.1) is 11.3 Å².